The Morgan fingerprint density at radius 1 is 0.692 bits per heavy atom. The molecule has 1 aliphatic rings. The maximum atomic E-state index is 13.6. The number of nitrogens with one attached hydrogen (secondary N) is 1. The molecular weight excluding hydrogens is 492 g/mol. The van der Waals surface area contributed by atoms with Gasteiger partial charge >= 0.3 is 0 Å². The number of piperazine rings is 1. The Hall–Kier alpha value is -4.82. The minimum Gasteiger partial charge on any atom is -0.336 e. The number of nitrogens with zero attached hydrogens (tertiary/aromatic N) is 3. The topological polar surface area (TPSA) is 95.8 Å². The predicted molar refractivity (Wildman–Crippen MR) is 150 cm³/mol. The van der Waals surface area contributed by atoms with Crippen LogP contribution in [0.25, 0.3) is 0 Å². The number of nitro groups is 1. The highest BCUT2D eigenvalue weighted by atomic mass is 16.6. The number of rotatable bonds is 7. The molecule has 0 radical (unpaired) electrons. The molecule has 4 aromatic carbocycles. The number of hydrogen-bond acceptors (Lipinski definition) is 5. The maximum absolute atomic E-state index is 13.6. The Labute approximate surface area is 226 Å². The summed E-state index contributed by atoms with van der Waals surface area (Å²) >= 11 is 0. The molecule has 2 amide bonds. The van der Waals surface area contributed by atoms with Crippen LogP contribution in [0, 0.1) is 10.1 Å². The van der Waals surface area contributed by atoms with Gasteiger partial charge in [0.25, 0.3) is 17.5 Å². The van der Waals surface area contributed by atoms with Crippen molar-refractivity contribution in [3.63, 3.8) is 0 Å². The molecule has 1 heterocycles. The molecule has 0 aliphatic carbocycles. The highest BCUT2D eigenvalue weighted by Crippen LogP contribution is 2.30. The van der Waals surface area contributed by atoms with E-state index in [1.54, 1.807) is 35.2 Å². The minimum atomic E-state index is -0.638. The first kappa shape index (κ1) is 25.8. The third-order valence-corrected chi connectivity index (χ3v) is 6.95. The van der Waals surface area contributed by atoms with Gasteiger partial charge in [-0.2, -0.15) is 0 Å². The molecule has 1 fully saturated rings. The zero-order valence-corrected chi connectivity index (χ0v) is 21.3. The Morgan fingerprint density at radius 3 is 1.79 bits per heavy atom. The van der Waals surface area contributed by atoms with E-state index in [0.29, 0.717) is 37.4 Å². The van der Waals surface area contributed by atoms with Crippen molar-refractivity contribution in [3.05, 3.63) is 142 Å². The first-order valence-corrected chi connectivity index (χ1v) is 12.8. The fourth-order valence-corrected chi connectivity index (χ4v) is 5.03. The Balaban J connectivity index is 1.32. The third kappa shape index (κ3) is 5.71. The highest BCUT2D eigenvalue weighted by molar-refractivity contribution is 6.10. The number of amides is 2. The molecule has 39 heavy (non-hydrogen) atoms. The largest absolute Gasteiger partial charge is 0.336 e. The molecule has 0 saturated carbocycles. The number of benzene rings is 4. The summed E-state index contributed by atoms with van der Waals surface area (Å²) in [5, 5.41) is 14.1. The molecule has 1 saturated heterocycles. The second-order valence-electron chi connectivity index (χ2n) is 9.33. The molecule has 8 nitrogen and oxygen atoms in total. The molecule has 0 bridgehead atoms. The molecule has 0 atom stereocenters. The molecule has 4 aromatic rings. The van der Waals surface area contributed by atoms with Crippen LogP contribution in [0.4, 0.5) is 11.4 Å². The van der Waals surface area contributed by atoms with Crippen LogP contribution in [0.5, 0.6) is 0 Å². The van der Waals surface area contributed by atoms with Crippen molar-refractivity contribution in [2.45, 2.75) is 6.04 Å². The Morgan fingerprint density at radius 2 is 1.21 bits per heavy atom. The zero-order chi connectivity index (χ0) is 27.2. The summed E-state index contributed by atoms with van der Waals surface area (Å²) in [5.74, 6) is -0.829. The van der Waals surface area contributed by atoms with Crippen molar-refractivity contribution in [2.75, 3.05) is 31.5 Å². The smallest absolute Gasteiger partial charge is 0.282 e. The summed E-state index contributed by atoms with van der Waals surface area (Å²) in [6.07, 6.45) is 0. The molecular formula is C31H28N4O4. The number of nitro benzene ring substituents is 1. The zero-order valence-electron chi connectivity index (χ0n) is 21.3. The molecule has 1 N–H and O–H groups in total. The van der Waals surface area contributed by atoms with Gasteiger partial charge in [-0.3, -0.25) is 24.6 Å². The summed E-state index contributed by atoms with van der Waals surface area (Å²) in [5.41, 5.74) is 2.71. The van der Waals surface area contributed by atoms with Crippen molar-refractivity contribution in [2.24, 2.45) is 0 Å². The van der Waals surface area contributed by atoms with E-state index < -0.39 is 10.8 Å². The van der Waals surface area contributed by atoms with Crippen molar-refractivity contribution in [1.82, 2.24) is 9.80 Å². The van der Waals surface area contributed by atoms with Crippen molar-refractivity contribution >= 4 is 23.2 Å². The van der Waals surface area contributed by atoms with Gasteiger partial charge in [0.15, 0.2) is 0 Å². The van der Waals surface area contributed by atoms with E-state index in [1.165, 1.54) is 29.3 Å². The van der Waals surface area contributed by atoms with Gasteiger partial charge in [-0.25, -0.2) is 0 Å². The number of hydrogen-bond donors (Lipinski definition) is 1. The van der Waals surface area contributed by atoms with Crippen LogP contribution in [0.1, 0.15) is 37.9 Å². The van der Waals surface area contributed by atoms with Gasteiger partial charge in [-0.05, 0) is 29.3 Å². The van der Waals surface area contributed by atoms with E-state index in [1.807, 2.05) is 36.4 Å². The molecule has 8 heteroatoms. The van der Waals surface area contributed by atoms with Crippen LogP contribution in [0.15, 0.2) is 109 Å². The molecule has 196 valence electrons. The van der Waals surface area contributed by atoms with Gasteiger partial charge in [-0.15, -0.1) is 0 Å². The number of carbonyl (C=O) groups excluding carboxylic acids is 2. The fourth-order valence-electron chi connectivity index (χ4n) is 5.03. The standard InChI is InChI=1S/C31H28N4O4/c36-30(26-16-8-10-18-28(26)35(38)39)32-27-17-9-7-15-25(27)31(37)34-21-19-33(20-22-34)29(23-11-3-1-4-12-23)24-13-5-2-6-14-24/h1-18,29H,19-22H2,(H,32,36). The van der Waals surface area contributed by atoms with E-state index in [-0.39, 0.29) is 23.2 Å². The highest BCUT2D eigenvalue weighted by Gasteiger charge is 2.29. The van der Waals surface area contributed by atoms with Gasteiger partial charge in [0.2, 0.25) is 0 Å². The fraction of sp³-hybridized carbons (Fsp3) is 0.161. The average Bonchev–Trinajstić information content (AvgIpc) is 2.99. The summed E-state index contributed by atoms with van der Waals surface area (Å²) in [7, 11) is 0. The van der Waals surface area contributed by atoms with Crippen molar-refractivity contribution < 1.29 is 14.5 Å². The van der Waals surface area contributed by atoms with Crippen LogP contribution in [-0.4, -0.2) is 52.7 Å². The molecule has 0 aromatic heterocycles. The van der Waals surface area contributed by atoms with Crippen LogP contribution in [0.2, 0.25) is 0 Å². The molecule has 0 spiro atoms. The molecule has 5 rings (SSSR count). The summed E-state index contributed by atoms with van der Waals surface area (Å²) < 4.78 is 0. The first-order chi connectivity index (χ1) is 19.0. The lowest BCUT2D eigenvalue weighted by Gasteiger charge is -2.40. The number of para-hydroxylation sites is 2. The van der Waals surface area contributed by atoms with Crippen molar-refractivity contribution in [1.29, 1.82) is 0 Å². The first-order valence-electron chi connectivity index (χ1n) is 12.8. The lowest BCUT2D eigenvalue weighted by atomic mass is 9.96. The Kier molecular flexibility index (Phi) is 7.75. The second kappa shape index (κ2) is 11.7. The van der Waals surface area contributed by atoms with E-state index in [0.717, 1.165) is 0 Å². The second-order valence-corrected chi connectivity index (χ2v) is 9.33. The van der Waals surface area contributed by atoms with E-state index in [9.17, 15) is 19.7 Å². The van der Waals surface area contributed by atoms with Crippen LogP contribution in [0.3, 0.4) is 0 Å². The van der Waals surface area contributed by atoms with Gasteiger partial charge in [0.05, 0.1) is 22.2 Å². The maximum Gasteiger partial charge on any atom is 0.282 e. The number of anilines is 1. The third-order valence-electron chi connectivity index (χ3n) is 6.95. The van der Waals surface area contributed by atoms with Gasteiger partial charge < -0.3 is 10.2 Å². The van der Waals surface area contributed by atoms with Crippen molar-refractivity contribution in [3.8, 4) is 0 Å². The lowest BCUT2D eigenvalue weighted by Crippen LogP contribution is -2.50. The SMILES string of the molecule is O=C(Nc1ccccc1C(=O)N1CCN(C(c2ccccc2)c2ccccc2)CC1)c1ccccc1[N+](=O)[O-]. The number of carbonyl (C=O) groups is 2. The monoisotopic (exact) mass is 520 g/mol. The summed E-state index contributed by atoms with van der Waals surface area (Å²) in [4.78, 5) is 41.5. The van der Waals surface area contributed by atoms with Gasteiger partial charge in [0.1, 0.15) is 5.56 Å². The summed E-state index contributed by atoms with van der Waals surface area (Å²) in [6.45, 7) is 2.43. The predicted octanol–water partition coefficient (Wildman–Crippen LogP) is 5.39. The molecule has 0 unspecified atom stereocenters. The van der Waals surface area contributed by atoms with Gasteiger partial charge in [-0.1, -0.05) is 84.9 Å². The van der Waals surface area contributed by atoms with E-state index in [4.69, 9.17) is 0 Å². The van der Waals surface area contributed by atoms with Gasteiger partial charge in [0, 0.05) is 32.2 Å². The minimum absolute atomic E-state index is 0.0637. The van der Waals surface area contributed by atoms with Crippen LogP contribution < -0.4 is 5.32 Å². The van der Waals surface area contributed by atoms with Crippen LogP contribution >= 0.6 is 0 Å². The lowest BCUT2D eigenvalue weighted by molar-refractivity contribution is -0.385. The van der Waals surface area contributed by atoms with E-state index in [2.05, 4.69) is 34.5 Å². The Bertz CT molecular complexity index is 1430. The van der Waals surface area contributed by atoms with Crippen LogP contribution in [-0.2, 0) is 0 Å². The normalized spacial score (nSPS) is 13.7. The summed E-state index contributed by atoms with van der Waals surface area (Å²) in [6, 6.07) is 33.3. The quantitative estimate of drug-likeness (QED) is 0.260. The van der Waals surface area contributed by atoms with E-state index >= 15 is 0 Å². The average molecular weight is 521 g/mol. The molecule has 1 aliphatic heterocycles.